The Hall–Kier alpha value is -2.00. The number of rotatable bonds is 4. The van der Waals surface area contributed by atoms with Crippen LogP contribution >= 0.6 is 11.6 Å². The number of carbonyl (C=O) groups is 1. The maximum absolute atomic E-state index is 12.2. The average Bonchev–Trinajstić information content (AvgIpc) is 3.31. The van der Waals surface area contributed by atoms with Gasteiger partial charge in [0, 0.05) is 22.7 Å². The first-order valence-electron chi connectivity index (χ1n) is 7.87. The number of anilines is 1. The molecule has 1 fully saturated rings. The third-order valence-electron chi connectivity index (χ3n) is 4.62. The molecule has 2 aromatic carbocycles. The summed E-state index contributed by atoms with van der Waals surface area (Å²) in [4.78, 5) is 12.2. The molecule has 0 heterocycles. The first kappa shape index (κ1) is 15.9. The minimum Gasteiger partial charge on any atom is -0.337 e. The first-order valence-corrected chi connectivity index (χ1v) is 8.25. The number of halogens is 1. The molecule has 0 radical (unpaired) electrons. The van der Waals surface area contributed by atoms with Gasteiger partial charge in [-0.25, -0.2) is 4.79 Å². The third-order valence-corrected chi connectivity index (χ3v) is 4.87. The largest absolute Gasteiger partial charge is 0.337 e. The van der Waals surface area contributed by atoms with Gasteiger partial charge in [0.05, 0.1) is 0 Å². The highest BCUT2D eigenvalue weighted by Gasteiger charge is 2.44. The maximum atomic E-state index is 12.2. The van der Waals surface area contributed by atoms with Crippen LogP contribution in [0.3, 0.4) is 0 Å². The van der Waals surface area contributed by atoms with Crippen molar-refractivity contribution in [3.63, 3.8) is 0 Å². The lowest BCUT2D eigenvalue weighted by Gasteiger charge is -2.18. The number of nitrogens with one attached hydrogen (secondary N) is 2. The van der Waals surface area contributed by atoms with Crippen molar-refractivity contribution in [2.75, 3.05) is 11.9 Å². The minimum atomic E-state index is -0.150. The number of aryl methyl sites for hydroxylation is 2. The van der Waals surface area contributed by atoms with Crippen molar-refractivity contribution < 1.29 is 4.79 Å². The van der Waals surface area contributed by atoms with E-state index in [0.717, 1.165) is 34.7 Å². The van der Waals surface area contributed by atoms with Gasteiger partial charge in [-0.1, -0.05) is 41.9 Å². The lowest BCUT2D eigenvalue weighted by atomic mass is 9.96. The topological polar surface area (TPSA) is 41.1 Å². The summed E-state index contributed by atoms with van der Waals surface area (Å²) >= 11 is 5.95. The Morgan fingerprint density at radius 3 is 2.26 bits per heavy atom. The van der Waals surface area contributed by atoms with E-state index in [9.17, 15) is 4.79 Å². The molecule has 0 bridgehead atoms. The van der Waals surface area contributed by atoms with Crippen molar-refractivity contribution in [2.24, 2.45) is 0 Å². The molecular weight excluding hydrogens is 308 g/mol. The summed E-state index contributed by atoms with van der Waals surface area (Å²) in [5.41, 5.74) is 4.34. The second kappa shape index (κ2) is 6.25. The van der Waals surface area contributed by atoms with Gasteiger partial charge in [-0.3, -0.25) is 0 Å². The normalized spacial score (nSPS) is 15.1. The van der Waals surface area contributed by atoms with Crippen LogP contribution in [-0.4, -0.2) is 12.6 Å². The molecule has 0 spiro atoms. The zero-order valence-corrected chi connectivity index (χ0v) is 14.2. The van der Waals surface area contributed by atoms with E-state index in [1.54, 1.807) is 0 Å². The molecule has 0 aromatic heterocycles. The summed E-state index contributed by atoms with van der Waals surface area (Å²) < 4.78 is 0. The third kappa shape index (κ3) is 3.50. The second-order valence-electron chi connectivity index (χ2n) is 6.36. The van der Waals surface area contributed by atoms with Crippen molar-refractivity contribution >= 4 is 23.3 Å². The SMILES string of the molecule is Cc1cccc(C)c1NC(=O)NCC1(c2ccc(Cl)cc2)CC1. The fraction of sp³-hybridized carbons (Fsp3) is 0.316. The van der Waals surface area contributed by atoms with Crippen LogP contribution in [0.4, 0.5) is 10.5 Å². The standard InChI is InChI=1S/C19H21ClN2O/c1-13-4-3-5-14(2)17(13)22-18(23)21-12-19(10-11-19)15-6-8-16(20)9-7-15/h3-9H,10-12H2,1-2H3,(H2,21,22,23). The van der Waals surface area contributed by atoms with Gasteiger partial charge in [0.15, 0.2) is 0 Å². The fourth-order valence-electron chi connectivity index (χ4n) is 2.94. The van der Waals surface area contributed by atoms with Crippen LogP contribution in [0.25, 0.3) is 0 Å². The molecule has 0 aliphatic heterocycles. The molecule has 120 valence electrons. The molecule has 1 aliphatic carbocycles. The Morgan fingerprint density at radius 2 is 1.70 bits per heavy atom. The van der Waals surface area contributed by atoms with E-state index in [-0.39, 0.29) is 11.4 Å². The van der Waals surface area contributed by atoms with E-state index in [4.69, 9.17) is 11.6 Å². The quantitative estimate of drug-likeness (QED) is 0.830. The van der Waals surface area contributed by atoms with E-state index in [2.05, 4.69) is 22.8 Å². The highest BCUT2D eigenvalue weighted by Crippen LogP contribution is 2.47. The lowest BCUT2D eigenvalue weighted by molar-refractivity contribution is 0.251. The molecule has 0 atom stereocenters. The van der Waals surface area contributed by atoms with Gasteiger partial charge in [-0.2, -0.15) is 0 Å². The van der Waals surface area contributed by atoms with Crippen LogP contribution in [0.1, 0.15) is 29.5 Å². The van der Waals surface area contributed by atoms with Gasteiger partial charge < -0.3 is 10.6 Å². The summed E-state index contributed by atoms with van der Waals surface area (Å²) in [7, 11) is 0. The van der Waals surface area contributed by atoms with Gasteiger partial charge in [0.25, 0.3) is 0 Å². The molecule has 3 nitrogen and oxygen atoms in total. The number of benzene rings is 2. The van der Waals surface area contributed by atoms with Gasteiger partial charge in [-0.05, 0) is 55.5 Å². The number of amides is 2. The molecule has 2 N–H and O–H groups in total. The molecule has 2 amide bonds. The van der Waals surface area contributed by atoms with E-state index >= 15 is 0 Å². The Kier molecular flexibility index (Phi) is 4.31. The molecule has 0 saturated heterocycles. The van der Waals surface area contributed by atoms with Crippen LogP contribution in [0, 0.1) is 13.8 Å². The Balaban J connectivity index is 1.62. The van der Waals surface area contributed by atoms with E-state index in [0.29, 0.717) is 6.54 Å². The van der Waals surface area contributed by atoms with Crippen molar-refractivity contribution in [3.05, 3.63) is 64.2 Å². The van der Waals surface area contributed by atoms with Crippen molar-refractivity contribution in [1.82, 2.24) is 5.32 Å². The van der Waals surface area contributed by atoms with E-state index in [1.165, 1.54) is 5.56 Å². The summed E-state index contributed by atoms with van der Waals surface area (Å²) in [6.45, 7) is 4.64. The van der Waals surface area contributed by atoms with Crippen molar-refractivity contribution in [1.29, 1.82) is 0 Å². The minimum absolute atomic E-state index is 0.0721. The predicted octanol–water partition coefficient (Wildman–Crippen LogP) is 4.81. The van der Waals surface area contributed by atoms with Crippen molar-refractivity contribution in [2.45, 2.75) is 32.1 Å². The Morgan fingerprint density at radius 1 is 1.09 bits per heavy atom. The van der Waals surface area contributed by atoms with Crippen LogP contribution in [0.2, 0.25) is 5.02 Å². The maximum Gasteiger partial charge on any atom is 0.319 e. The number of para-hydroxylation sites is 1. The van der Waals surface area contributed by atoms with E-state index < -0.39 is 0 Å². The predicted molar refractivity (Wildman–Crippen MR) is 95.3 cm³/mol. The summed E-state index contributed by atoms with van der Waals surface area (Å²) in [5.74, 6) is 0. The molecule has 4 heteroatoms. The zero-order valence-electron chi connectivity index (χ0n) is 13.4. The van der Waals surface area contributed by atoms with E-state index in [1.807, 2.05) is 44.2 Å². The van der Waals surface area contributed by atoms with Crippen LogP contribution in [0.15, 0.2) is 42.5 Å². The molecule has 3 rings (SSSR count). The first-order chi connectivity index (χ1) is 11.0. The molecular formula is C19H21ClN2O. The summed E-state index contributed by atoms with van der Waals surface area (Å²) in [5, 5.41) is 6.73. The smallest absolute Gasteiger partial charge is 0.319 e. The van der Waals surface area contributed by atoms with Crippen LogP contribution in [0.5, 0.6) is 0 Å². The average molecular weight is 329 g/mol. The van der Waals surface area contributed by atoms with Crippen LogP contribution in [-0.2, 0) is 5.41 Å². The Bertz CT molecular complexity index is 700. The van der Waals surface area contributed by atoms with Crippen molar-refractivity contribution in [3.8, 4) is 0 Å². The monoisotopic (exact) mass is 328 g/mol. The highest BCUT2D eigenvalue weighted by atomic mass is 35.5. The highest BCUT2D eigenvalue weighted by molar-refractivity contribution is 6.30. The molecule has 23 heavy (non-hydrogen) atoms. The zero-order chi connectivity index (χ0) is 16.4. The number of carbonyl (C=O) groups excluding carboxylic acids is 1. The second-order valence-corrected chi connectivity index (χ2v) is 6.80. The number of hydrogen-bond acceptors (Lipinski definition) is 1. The van der Waals surface area contributed by atoms with Gasteiger partial charge >= 0.3 is 6.03 Å². The molecule has 0 unspecified atom stereocenters. The van der Waals surface area contributed by atoms with Gasteiger partial charge in [0.1, 0.15) is 0 Å². The van der Waals surface area contributed by atoms with Gasteiger partial charge in [-0.15, -0.1) is 0 Å². The molecule has 2 aromatic rings. The summed E-state index contributed by atoms with van der Waals surface area (Å²) in [6.07, 6.45) is 2.19. The van der Waals surface area contributed by atoms with Crippen LogP contribution < -0.4 is 10.6 Å². The van der Waals surface area contributed by atoms with Gasteiger partial charge in [0.2, 0.25) is 0 Å². The number of hydrogen-bond donors (Lipinski definition) is 2. The Labute approximate surface area is 142 Å². The number of urea groups is 1. The molecule has 1 aliphatic rings. The fourth-order valence-corrected chi connectivity index (χ4v) is 3.07. The summed E-state index contributed by atoms with van der Waals surface area (Å²) in [6, 6.07) is 13.8. The molecule has 1 saturated carbocycles. The lowest BCUT2D eigenvalue weighted by Crippen LogP contribution is -2.35.